The van der Waals surface area contributed by atoms with Crippen LogP contribution >= 0.6 is 34.5 Å². The molecule has 1 atom stereocenters. The molecule has 4 rings (SSSR count). The van der Waals surface area contributed by atoms with Crippen molar-refractivity contribution in [1.29, 1.82) is 0 Å². The predicted octanol–water partition coefficient (Wildman–Crippen LogP) is 5.39. The van der Waals surface area contributed by atoms with Crippen LogP contribution in [0.25, 0.3) is 0 Å². The number of Topliss-reactive ketones (excluding diaryl/α,β-unsaturated/α-hetero) is 1. The Morgan fingerprint density at radius 3 is 2.59 bits per heavy atom. The number of ketones is 1. The number of anilines is 1. The number of halogens is 2. The number of nitrogens with zero attached hydrogens (tertiary/aromatic N) is 2. The number of rotatable bonds is 4. The number of hydrogen-bond donors (Lipinski definition) is 0. The molecule has 0 aliphatic carbocycles. The highest BCUT2D eigenvalue weighted by molar-refractivity contribution is 7.10. The summed E-state index contributed by atoms with van der Waals surface area (Å²) in [6.07, 6.45) is 4.64. The summed E-state index contributed by atoms with van der Waals surface area (Å²) in [5.74, 6) is 0.193. The van der Waals surface area contributed by atoms with Crippen LogP contribution in [0.1, 0.15) is 36.6 Å². The lowest BCUT2D eigenvalue weighted by Gasteiger charge is -2.49. The monoisotopic (exact) mass is 422 g/mol. The number of piperidine rings is 1. The van der Waals surface area contributed by atoms with E-state index in [0.29, 0.717) is 10.0 Å². The zero-order valence-corrected chi connectivity index (χ0v) is 17.8. The molecule has 6 heteroatoms. The summed E-state index contributed by atoms with van der Waals surface area (Å²) in [5, 5.41) is 3.19. The minimum absolute atomic E-state index is 0.193. The minimum Gasteiger partial charge on any atom is -0.354 e. The number of hydrogen-bond acceptors (Lipinski definition) is 4. The van der Waals surface area contributed by atoms with E-state index >= 15 is 0 Å². The van der Waals surface area contributed by atoms with Crippen molar-refractivity contribution in [3.63, 3.8) is 0 Å². The summed E-state index contributed by atoms with van der Waals surface area (Å²) >= 11 is 14.2. The van der Waals surface area contributed by atoms with Gasteiger partial charge in [-0.15, -0.1) is 11.3 Å². The van der Waals surface area contributed by atoms with E-state index in [1.807, 2.05) is 18.2 Å². The van der Waals surface area contributed by atoms with Crippen LogP contribution in [0.3, 0.4) is 0 Å². The van der Waals surface area contributed by atoms with Crippen molar-refractivity contribution in [2.75, 3.05) is 31.1 Å². The van der Waals surface area contributed by atoms with Crippen LogP contribution in [-0.4, -0.2) is 36.9 Å². The van der Waals surface area contributed by atoms with Gasteiger partial charge < -0.3 is 9.80 Å². The first-order valence-corrected chi connectivity index (χ1v) is 11.2. The van der Waals surface area contributed by atoms with Crippen molar-refractivity contribution in [1.82, 2.24) is 4.90 Å². The smallest absolute Gasteiger partial charge is 0.161 e. The van der Waals surface area contributed by atoms with Crippen molar-refractivity contribution in [3.05, 3.63) is 50.1 Å². The van der Waals surface area contributed by atoms with Gasteiger partial charge in [0.25, 0.3) is 0 Å². The van der Waals surface area contributed by atoms with Crippen LogP contribution in [0.2, 0.25) is 10.0 Å². The van der Waals surface area contributed by atoms with E-state index in [1.165, 1.54) is 29.7 Å². The normalized spacial score (nSPS) is 23.3. The van der Waals surface area contributed by atoms with Crippen molar-refractivity contribution in [2.45, 2.75) is 38.1 Å². The van der Waals surface area contributed by atoms with Gasteiger partial charge in [-0.1, -0.05) is 29.6 Å². The molecule has 0 saturated carbocycles. The van der Waals surface area contributed by atoms with Crippen LogP contribution in [-0.2, 0) is 16.8 Å². The summed E-state index contributed by atoms with van der Waals surface area (Å²) < 4.78 is 0. The Labute approximate surface area is 174 Å². The Bertz CT molecular complexity index is 846. The molecule has 3 heterocycles. The summed E-state index contributed by atoms with van der Waals surface area (Å²) in [7, 11) is 0. The molecule has 2 aliphatic heterocycles. The second-order valence-electron chi connectivity index (χ2n) is 7.51. The highest BCUT2D eigenvalue weighted by atomic mass is 35.5. The van der Waals surface area contributed by atoms with E-state index in [0.717, 1.165) is 38.3 Å². The standard InChI is InChI=1S/C21H24Cl2N2OS/c1-15(26)21(14-24-9-3-2-4-10-24)17-8-12-27-20(17)7-11-25(21)16-5-6-18(22)19(23)13-16/h5-6,8,12-13H,2-4,7,9-11,14H2,1H3. The van der Waals surface area contributed by atoms with Crippen LogP contribution in [0.15, 0.2) is 29.6 Å². The zero-order valence-electron chi connectivity index (χ0n) is 15.5. The molecule has 1 fully saturated rings. The fourth-order valence-electron chi connectivity index (χ4n) is 4.56. The molecule has 0 bridgehead atoms. The number of carbonyl (C=O) groups is 1. The zero-order chi connectivity index (χ0) is 19.0. The molecule has 0 N–H and O–H groups in total. The van der Waals surface area contributed by atoms with Crippen LogP contribution in [0, 0.1) is 0 Å². The number of fused-ring (bicyclic) bond motifs is 1. The Morgan fingerprint density at radius 1 is 1.11 bits per heavy atom. The first kappa shape index (κ1) is 19.3. The first-order valence-electron chi connectivity index (χ1n) is 9.55. The van der Waals surface area contributed by atoms with E-state index < -0.39 is 5.54 Å². The van der Waals surface area contributed by atoms with Crippen molar-refractivity contribution >= 4 is 46.0 Å². The Hall–Kier alpha value is -1.07. The molecule has 3 nitrogen and oxygen atoms in total. The van der Waals surface area contributed by atoms with Crippen LogP contribution in [0.5, 0.6) is 0 Å². The maximum Gasteiger partial charge on any atom is 0.161 e. The number of carbonyl (C=O) groups excluding carboxylic acids is 1. The molecule has 0 spiro atoms. The second kappa shape index (κ2) is 7.75. The van der Waals surface area contributed by atoms with E-state index in [9.17, 15) is 4.79 Å². The quantitative estimate of drug-likeness (QED) is 0.659. The Morgan fingerprint density at radius 2 is 1.89 bits per heavy atom. The van der Waals surface area contributed by atoms with Crippen LogP contribution < -0.4 is 4.90 Å². The van der Waals surface area contributed by atoms with Gasteiger partial charge in [0, 0.05) is 29.2 Å². The van der Waals surface area contributed by atoms with Gasteiger partial charge in [-0.3, -0.25) is 4.79 Å². The van der Waals surface area contributed by atoms with Crippen molar-refractivity contribution in [3.8, 4) is 0 Å². The van der Waals surface area contributed by atoms with E-state index in [2.05, 4.69) is 21.2 Å². The summed E-state index contributed by atoms with van der Waals surface area (Å²) in [4.78, 5) is 19.3. The highest BCUT2D eigenvalue weighted by Gasteiger charge is 2.48. The third-order valence-corrected chi connectivity index (χ3v) is 7.63. The lowest BCUT2D eigenvalue weighted by atomic mass is 9.79. The Kier molecular flexibility index (Phi) is 5.52. The lowest BCUT2D eigenvalue weighted by molar-refractivity contribution is -0.123. The maximum atomic E-state index is 13.3. The fraction of sp³-hybridized carbons (Fsp3) is 0.476. The summed E-state index contributed by atoms with van der Waals surface area (Å²) in [5.41, 5.74) is 1.47. The summed E-state index contributed by atoms with van der Waals surface area (Å²) in [6, 6.07) is 7.86. The third kappa shape index (κ3) is 3.42. The topological polar surface area (TPSA) is 23.6 Å². The van der Waals surface area contributed by atoms with Crippen molar-refractivity contribution < 1.29 is 4.79 Å². The largest absolute Gasteiger partial charge is 0.354 e. The molecule has 0 radical (unpaired) electrons. The molecule has 1 saturated heterocycles. The third-order valence-electron chi connectivity index (χ3n) is 5.91. The highest BCUT2D eigenvalue weighted by Crippen LogP contribution is 2.43. The first-order chi connectivity index (χ1) is 13.0. The molecule has 1 unspecified atom stereocenters. The molecule has 1 aromatic carbocycles. The molecule has 2 aromatic rings. The van der Waals surface area contributed by atoms with Crippen LogP contribution in [0.4, 0.5) is 5.69 Å². The number of benzene rings is 1. The van der Waals surface area contributed by atoms with Gasteiger partial charge in [0.15, 0.2) is 5.78 Å². The average molecular weight is 423 g/mol. The number of thiophene rings is 1. The van der Waals surface area contributed by atoms with Gasteiger partial charge in [0.2, 0.25) is 0 Å². The molecule has 27 heavy (non-hydrogen) atoms. The molecule has 0 amide bonds. The van der Waals surface area contributed by atoms with Gasteiger partial charge >= 0.3 is 0 Å². The number of likely N-dealkylation sites (tertiary alicyclic amines) is 1. The summed E-state index contributed by atoms with van der Waals surface area (Å²) in [6.45, 7) is 5.39. The molecular weight excluding hydrogens is 399 g/mol. The predicted molar refractivity (Wildman–Crippen MR) is 114 cm³/mol. The molecule has 1 aromatic heterocycles. The Balaban J connectivity index is 1.82. The van der Waals surface area contributed by atoms with Gasteiger partial charge in [-0.25, -0.2) is 0 Å². The average Bonchev–Trinajstić information content (AvgIpc) is 3.14. The lowest BCUT2D eigenvalue weighted by Crippen LogP contribution is -2.61. The van der Waals surface area contributed by atoms with Crippen molar-refractivity contribution in [2.24, 2.45) is 0 Å². The molecular formula is C21H24Cl2N2OS. The van der Waals surface area contributed by atoms with E-state index in [1.54, 1.807) is 18.3 Å². The van der Waals surface area contributed by atoms with E-state index in [-0.39, 0.29) is 5.78 Å². The van der Waals surface area contributed by atoms with Gasteiger partial charge in [-0.05, 0) is 68.9 Å². The van der Waals surface area contributed by atoms with Gasteiger partial charge in [0.05, 0.1) is 10.0 Å². The molecule has 144 valence electrons. The minimum atomic E-state index is -0.665. The molecule has 2 aliphatic rings. The van der Waals surface area contributed by atoms with Gasteiger partial charge in [0.1, 0.15) is 5.54 Å². The fourth-order valence-corrected chi connectivity index (χ4v) is 5.79. The van der Waals surface area contributed by atoms with E-state index in [4.69, 9.17) is 23.2 Å². The van der Waals surface area contributed by atoms with Gasteiger partial charge in [-0.2, -0.15) is 0 Å². The second-order valence-corrected chi connectivity index (χ2v) is 9.33. The maximum absolute atomic E-state index is 13.3. The SMILES string of the molecule is CC(=O)C1(CN2CCCCC2)c2ccsc2CCN1c1ccc(Cl)c(Cl)c1.